The van der Waals surface area contributed by atoms with Gasteiger partial charge in [-0.15, -0.1) is 0 Å². The fourth-order valence-electron chi connectivity index (χ4n) is 3.61. The van der Waals surface area contributed by atoms with Crippen molar-refractivity contribution in [3.63, 3.8) is 0 Å². The molecular formula is C21H22N4O2. The number of ether oxygens (including phenoxy) is 1. The Kier molecular flexibility index (Phi) is 4.13. The molecular weight excluding hydrogens is 340 g/mol. The van der Waals surface area contributed by atoms with Gasteiger partial charge in [0.15, 0.2) is 11.5 Å². The Balaban J connectivity index is 1.43. The molecule has 138 valence electrons. The summed E-state index contributed by atoms with van der Waals surface area (Å²) in [5.41, 5.74) is 4.06. The number of pyridine rings is 1. The van der Waals surface area contributed by atoms with E-state index in [2.05, 4.69) is 39.2 Å². The van der Waals surface area contributed by atoms with E-state index in [9.17, 15) is 4.79 Å². The zero-order valence-electron chi connectivity index (χ0n) is 15.2. The van der Waals surface area contributed by atoms with Crippen LogP contribution in [0.1, 0.15) is 18.7 Å². The van der Waals surface area contributed by atoms with Gasteiger partial charge in [-0.25, -0.2) is 9.50 Å². The van der Waals surface area contributed by atoms with Gasteiger partial charge in [0.25, 0.3) is 0 Å². The van der Waals surface area contributed by atoms with Crippen LogP contribution in [-0.4, -0.2) is 46.7 Å². The highest BCUT2D eigenvalue weighted by Gasteiger charge is 2.30. The van der Waals surface area contributed by atoms with Crippen LogP contribution in [0.5, 0.6) is 0 Å². The maximum atomic E-state index is 12.1. The summed E-state index contributed by atoms with van der Waals surface area (Å²) < 4.78 is 7.27. The van der Waals surface area contributed by atoms with Crippen LogP contribution >= 0.6 is 0 Å². The number of hydrogen-bond acceptors (Lipinski definition) is 5. The van der Waals surface area contributed by atoms with Crippen LogP contribution in [0.25, 0.3) is 16.9 Å². The lowest BCUT2D eigenvalue weighted by atomic mass is 10.1. The summed E-state index contributed by atoms with van der Waals surface area (Å²) in [5.74, 6) is 1.12. The predicted molar refractivity (Wildman–Crippen MR) is 103 cm³/mol. The Morgan fingerprint density at radius 1 is 1.07 bits per heavy atom. The maximum absolute atomic E-state index is 12.1. The Morgan fingerprint density at radius 2 is 1.85 bits per heavy atom. The number of benzene rings is 1. The number of Topliss-reactive ketones (excluding diaryl/α,β-unsaturated/α-hetero) is 1. The molecule has 1 aliphatic heterocycles. The van der Waals surface area contributed by atoms with Crippen molar-refractivity contribution < 1.29 is 9.53 Å². The number of anilines is 1. The fraction of sp³-hybridized carbons (Fsp3) is 0.381. The first-order valence-corrected chi connectivity index (χ1v) is 9.58. The van der Waals surface area contributed by atoms with Crippen LogP contribution in [0.2, 0.25) is 0 Å². The lowest BCUT2D eigenvalue weighted by molar-refractivity contribution is -0.119. The number of nitrogens with zero attached hydrogens (tertiary/aromatic N) is 4. The van der Waals surface area contributed by atoms with E-state index in [1.807, 2.05) is 22.7 Å². The number of carbonyl (C=O) groups is 1. The van der Waals surface area contributed by atoms with Gasteiger partial charge < -0.3 is 9.64 Å². The van der Waals surface area contributed by atoms with Gasteiger partial charge in [-0.05, 0) is 37.1 Å². The van der Waals surface area contributed by atoms with E-state index in [1.54, 1.807) is 0 Å². The average Bonchev–Trinajstić information content (AvgIpc) is 3.49. The molecule has 1 aromatic carbocycles. The molecule has 0 N–H and O–H groups in total. The third-order valence-electron chi connectivity index (χ3n) is 5.31. The Bertz CT molecular complexity index is 970. The molecule has 0 radical (unpaired) electrons. The molecule has 1 aliphatic carbocycles. The third kappa shape index (κ3) is 3.32. The molecule has 2 aromatic heterocycles. The second kappa shape index (κ2) is 6.78. The number of carbonyl (C=O) groups excluding carboxylic acids is 1. The average molecular weight is 362 g/mol. The van der Waals surface area contributed by atoms with E-state index in [0.29, 0.717) is 12.2 Å². The van der Waals surface area contributed by atoms with E-state index >= 15 is 0 Å². The minimum atomic E-state index is 0.240. The minimum Gasteiger partial charge on any atom is -0.378 e. The molecule has 6 nitrogen and oxygen atoms in total. The lowest BCUT2D eigenvalue weighted by Crippen LogP contribution is -2.36. The highest BCUT2D eigenvalue weighted by atomic mass is 16.5. The number of aromatic nitrogens is 3. The molecule has 6 heteroatoms. The molecule has 1 saturated heterocycles. The van der Waals surface area contributed by atoms with Crippen LogP contribution in [0.15, 0.2) is 42.5 Å². The molecule has 0 bridgehead atoms. The van der Waals surface area contributed by atoms with Crippen LogP contribution in [0.3, 0.4) is 0 Å². The van der Waals surface area contributed by atoms with Crippen molar-refractivity contribution in [2.24, 2.45) is 5.92 Å². The third-order valence-corrected chi connectivity index (χ3v) is 5.31. The van der Waals surface area contributed by atoms with Crippen LogP contribution in [-0.2, 0) is 16.0 Å². The maximum Gasteiger partial charge on any atom is 0.159 e. The standard InChI is InChI=1S/C21H22N4O2/c26-19(16-4-5-16)14-20-22-21-3-1-2-18(25(21)23-20)15-6-8-17(9-7-15)24-10-12-27-13-11-24/h1-3,6-9,16H,4-5,10-14H2. The van der Waals surface area contributed by atoms with Gasteiger partial charge in [-0.3, -0.25) is 4.79 Å². The Labute approximate surface area is 157 Å². The highest BCUT2D eigenvalue weighted by Crippen LogP contribution is 2.31. The van der Waals surface area contributed by atoms with E-state index in [1.165, 1.54) is 5.69 Å². The predicted octanol–water partition coefficient (Wildman–Crippen LogP) is 2.75. The van der Waals surface area contributed by atoms with Gasteiger partial charge in [0, 0.05) is 30.3 Å². The normalized spacial score (nSPS) is 17.4. The van der Waals surface area contributed by atoms with Gasteiger partial charge in [0.2, 0.25) is 0 Å². The van der Waals surface area contributed by atoms with Crippen molar-refractivity contribution in [1.29, 1.82) is 0 Å². The van der Waals surface area contributed by atoms with E-state index in [0.717, 1.165) is 56.0 Å². The second-order valence-electron chi connectivity index (χ2n) is 7.27. The van der Waals surface area contributed by atoms with Crippen LogP contribution in [0.4, 0.5) is 5.69 Å². The van der Waals surface area contributed by atoms with Crippen molar-refractivity contribution in [2.45, 2.75) is 19.3 Å². The smallest absolute Gasteiger partial charge is 0.159 e. The summed E-state index contributed by atoms with van der Waals surface area (Å²) in [6.07, 6.45) is 2.38. The first-order valence-electron chi connectivity index (χ1n) is 9.58. The van der Waals surface area contributed by atoms with Gasteiger partial charge in [0.05, 0.1) is 25.3 Å². The molecule has 0 amide bonds. The van der Waals surface area contributed by atoms with Crippen molar-refractivity contribution >= 4 is 17.1 Å². The van der Waals surface area contributed by atoms with Gasteiger partial charge >= 0.3 is 0 Å². The Morgan fingerprint density at radius 3 is 2.59 bits per heavy atom. The summed E-state index contributed by atoms with van der Waals surface area (Å²) >= 11 is 0. The van der Waals surface area contributed by atoms with Crippen LogP contribution < -0.4 is 4.90 Å². The summed E-state index contributed by atoms with van der Waals surface area (Å²) in [7, 11) is 0. The molecule has 2 fully saturated rings. The van der Waals surface area contributed by atoms with Gasteiger partial charge in [-0.2, -0.15) is 5.10 Å². The zero-order chi connectivity index (χ0) is 18.2. The number of fused-ring (bicyclic) bond motifs is 1. The summed E-state index contributed by atoms with van der Waals surface area (Å²) in [6.45, 7) is 3.41. The lowest BCUT2D eigenvalue weighted by Gasteiger charge is -2.28. The van der Waals surface area contributed by atoms with Crippen LogP contribution in [0, 0.1) is 5.92 Å². The largest absolute Gasteiger partial charge is 0.378 e. The molecule has 0 atom stereocenters. The molecule has 3 heterocycles. The highest BCUT2D eigenvalue weighted by molar-refractivity contribution is 5.84. The second-order valence-corrected chi connectivity index (χ2v) is 7.27. The summed E-state index contributed by atoms with van der Waals surface area (Å²) in [5, 5.41) is 4.61. The van der Waals surface area contributed by atoms with E-state index in [-0.39, 0.29) is 11.7 Å². The molecule has 2 aliphatic rings. The number of morpholine rings is 1. The van der Waals surface area contributed by atoms with Crippen molar-refractivity contribution in [3.8, 4) is 11.3 Å². The molecule has 1 saturated carbocycles. The molecule has 0 spiro atoms. The molecule has 5 rings (SSSR count). The zero-order valence-corrected chi connectivity index (χ0v) is 15.2. The monoisotopic (exact) mass is 362 g/mol. The van der Waals surface area contributed by atoms with Crippen molar-refractivity contribution in [2.75, 3.05) is 31.2 Å². The van der Waals surface area contributed by atoms with Gasteiger partial charge in [0.1, 0.15) is 5.78 Å². The fourth-order valence-corrected chi connectivity index (χ4v) is 3.61. The molecule has 0 unspecified atom stereocenters. The first kappa shape index (κ1) is 16.4. The van der Waals surface area contributed by atoms with Gasteiger partial charge in [-0.1, -0.05) is 18.2 Å². The van der Waals surface area contributed by atoms with E-state index in [4.69, 9.17) is 4.74 Å². The minimum absolute atomic E-state index is 0.240. The van der Waals surface area contributed by atoms with E-state index < -0.39 is 0 Å². The number of hydrogen-bond donors (Lipinski definition) is 0. The topological polar surface area (TPSA) is 59.7 Å². The number of ketones is 1. The first-order chi connectivity index (χ1) is 13.3. The van der Waals surface area contributed by atoms with Crippen molar-refractivity contribution in [1.82, 2.24) is 14.6 Å². The number of rotatable bonds is 5. The SMILES string of the molecule is O=C(Cc1nc2cccc(-c3ccc(N4CCOCC4)cc3)n2n1)C1CC1. The molecule has 27 heavy (non-hydrogen) atoms. The van der Waals surface area contributed by atoms with Crippen molar-refractivity contribution in [3.05, 3.63) is 48.3 Å². The summed E-state index contributed by atoms with van der Waals surface area (Å²) in [4.78, 5) is 19.0. The molecule has 3 aromatic rings. The quantitative estimate of drug-likeness (QED) is 0.698. The summed E-state index contributed by atoms with van der Waals surface area (Å²) in [6, 6.07) is 14.5. The Hall–Kier alpha value is -2.73.